The molecular weight excluding hydrogens is 543 g/mol. The normalized spacial score (nSPS) is 16.9. The van der Waals surface area contributed by atoms with Crippen molar-refractivity contribution < 1.29 is 36.6 Å². The van der Waals surface area contributed by atoms with Crippen molar-refractivity contribution >= 4 is 28.8 Å². The minimum Gasteiger partial charge on any atom is -0.395 e. The number of amides is 3. The average molecular weight is 566 g/mol. The van der Waals surface area contributed by atoms with Gasteiger partial charge >= 0.3 is 12.2 Å². The van der Waals surface area contributed by atoms with Crippen molar-refractivity contribution in [1.82, 2.24) is 24.8 Å². The third kappa shape index (κ3) is 5.20. The van der Waals surface area contributed by atoms with Crippen LogP contribution in [0.25, 0.3) is 16.9 Å². The number of rotatable bonds is 7. The van der Waals surface area contributed by atoms with E-state index >= 15 is 0 Å². The van der Waals surface area contributed by atoms with Crippen LogP contribution in [0.2, 0.25) is 0 Å². The van der Waals surface area contributed by atoms with E-state index in [1.165, 1.54) is 21.9 Å². The number of hydrogen-bond acceptors (Lipinski definition) is 6. The molecular formula is C25H23F5N6O4. The lowest BCUT2D eigenvalue weighted by Crippen LogP contribution is -2.50. The molecule has 5 rings (SSSR count). The van der Waals surface area contributed by atoms with Crippen LogP contribution in [0.4, 0.5) is 32.6 Å². The monoisotopic (exact) mass is 566 g/mol. The quantitative estimate of drug-likeness (QED) is 0.425. The Hall–Kier alpha value is -4.14. The largest absolute Gasteiger partial charge is 0.408 e. The topological polar surface area (TPSA) is 121 Å². The Labute approximate surface area is 223 Å². The van der Waals surface area contributed by atoms with Gasteiger partial charge in [-0.05, 0) is 37.3 Å². The van der Waals surface area contributed by atoms with E-state index in [4.69, 9.17) is 0 Å². The van der Waals surface area contributed by atoms with Crippen LogP contribution in [0, 0.1) is 17.6 Å². The number of alkyl halides is 3. The zero-order valence-corrected chi connectivity index (χ0v) is 20.8. The van der Waals surface area contributed by atoms with Gasteiger partial charge in [-0.2, -0.15) is 13.2 Å². The van der Waals surface area contributed by atoms with Crippen LogP contribution in [0.3, 0.4) is 0 Å². The minimum atomic E-state index is -4.75. The molecule has 1 atom stereocenters. The molecule has 2 N–H and O–H groups in total. The summed E-state index contributed by atoms with van der Waals surface area (Å²) in [6, 6.07) is 0.393. The van der Waals surface area contributed by atoms with Gasteiger partial charge in [0.1, 0.15) is 23.2 Å². The molecule has 212 valence electrons. The smallest absolute Gasteiger partial charge is 0.395 e. The predicted molar refractivity (Wildman–Crippen MR) is 131 cm³/mol. The molecule has 3 aromatic heterocycles. The van der Waals surface area contributed by atoms with E-state index in [2.05, 4.69) is 9.97 Å². The van der Waals surface area contributed by atoms with Gasteiger partial charge in [0, 0.05) is 31.9 Å². The van der Waals surface area contributed by atoms with Gasteiger partial charge in [0.25, 0.3) is 5.91 Å². The lowest BCUT2D eigenvalue weighted by molar-refractivity contribution is -0.158. The second-order valence-corrected chi connectivity index (χ2v) is 9.57. The van der Waals surface area contributed by atoms with Gasteiger partial charge < -0.3 is 15.3 Å². The molecule has 3 amide bonds. The standard InChI is InChI=1S/C25H23F5N6O4/c26-14-10-17(27)22(31-11-14)36-12-16(23(39)33-20(13-2-3-13)25(28,29)30)19(38)15-4-5-18(32-21(15)36)35-7-1-6-34(8-9-37)24(35)40/h4-5,10-13,20,37H,1-3,6-9H2,(H,33,39)/t20-/m0/s1. The van der Waals surface area contributed by atoms with Crippen LogP contribution in [-0.2, 0) is 0 Å². The zero-order chi connectivity index (χ0) is 28.8. The molecule has 1 aliphatic heterocycles. The number of pyridine rings is 3. The number of β-amino-alcohol motifs (C(OH)–C–C–N with tert-alkyl or cyclic N) is 1. The zero-order valence-electron chi connectivity index (χ0n) is 20.8. The Kier molecular flexibility index (Phi) is 7.16. The van der Waals surface area contributed by atoms with Gasteiger partial charge in [-0.25, -0.2) is 23.5 Å². The van der Waals surface area contributed by atoms with Crippen LogP contribution in [0.5, 0.6) is 0 Å². The second kappa shape index (κ2) is 10.4. The van der Waals surface area contributed by atoms with Crippen molar-refractivity contribution in [1.29, 1.82) is 0 Å². The van der Waals surface area contributed by atoms with Gasteiger partial charge in [-0.15, -0.1) is 0 Å². The van der Waals surface area contributed by atoms with Crippen LogP contribution in [0.1, 0.15) is 29.6 Å². The Bertz CT molecular complexity index is 1540. The number of fused-ring (bicyclic) bond motifs is 1. The van der Waals surface area contributed by atoms with Crippen molar-refractivity contribution in [3.05, 3.63) is 58.0 Å². The lowest BCUT2D eigenvalue weighted by Gasteiger charge is -2.34. The maximum Gasteiger partial charge on any atom is 0.408 e. The number of aromatic nitrogens is 3. The summed E-state index contributed by atoms with van der Waals surface area (Å²) in [4.78, 5) is 50.0. The number of nitrogens with zero attached hydrogens (tertiary/aromatic N) is 5. The highest BCUT2D eigenvalue weighted by Gasteiger charge is 2.50. The van der Waals surface area contributed by atoms with E-state index in [1.807, 2.05) is 5.32 Å². The van der Waals surface area contributed by atoms with Crippen LogP contribution < -0.4 is 15.6 Å². The van der Waals surface area contributed by atoms with Gasteiger partial charge in [0.2, 0.25) is 5.43 Å². The maximum atomic E-state index is 14.9. The van der Waals surface area contributed by atoms with Crippen molar-refractivity contribution in [3.8, 4) is 5.82 Å². The first-order chi connectivity index (χ1) is 19.0. The Balaban J connectivity index is 1.64. The van der Waals surface area contributed by atoms with Crippen LogP contribution in [0.15, 0.2) is 35.4 Å². The SMILES string of the molecule is O=C(N[C@@H](C1CC1)C(F)(F)F)c1cn(-c2ncc(F)cc2F)c2nc(N3CCCN(CCO)C3=O)ccc2c1=O. The fourth-order valence-electron chi connectivity index (χ4n) is 4.69. The number of aliphatic hydroxyl groups excluding tert-OH is 1. The fraction of sp³-hybridized carbons (Fsp3) is 0.400. The van der Waals surface area contributed by atoms with Crippen molar-refractivity contribution in [2.24, 2.45) is 5.92 Å². The first-order valence-electron chi connectivity index (χ1n) is 12.4. The maximum absolute atomic E-state index is 14.9. The van der Waals surface area contributed by atoms with E-state index < -0.39 is 58.5 Å². The second-order valence-electron chi connectivity index (χ2n) is 9.57. The predicted octanol–water partition coefficient (Wildman–Crippen LogP) is 2.75. The minimum absolute atomic E-state index is 0.0545. The summed E-state index contributed by atoms with van der Waals surface area (Å²) in [6.07, 6.45) is -2.22. The Morgan fingerprint density at radius 3 is 2.58 bits per heavy atom. The molecule has 0 spiro atoms. The van der Waals surface area contributed by atoms with Crippen LogP contribution >= 0.6 is 0 Å². The third-order valence-electron chi connectivity index (χ3n) is 6.79. The molecule has 1 saturated heterocycles. The van der Waals surface area contributed by atoms with Gasteiger partial charge in [0.15, 0.2) is 17.3 Å². The summed E-state index contributed by atoms with van der Waals surface area (Å²) in [5.74, 6) is -4.88. The van der Waals surface area contributed by atoms with E-state index in [9.17, 15) is 41.4 Å². The molecule has 0 radical (unpaired) electrons. The third-order valence-corrected chi connectivity index (χ3v) is 6.79. The van der Waals surface area contributed by atoms with E-state index in [-0.39, 0.29) is 49.4 Å². The van der Waals surface area contributed by atoms with Gasteiger partial charge in [0.05, 0.1) is 18.2 Å². The number of urea groups is 1. The number of aliphatic hydroxyl groups is 1. The highest BCUT2D eigenvalue weighted by molar-refractivity contribution is 5.98. The number of anilines is 1. The molecule has 2 aliphatic rings. The highest BCUT2D eigenvalue weighted by atomic mass is 19.4. The molecule has 40 heavy (non-hydrogen) atoms. The van der Waals surface area contributed by atoms with Crippen molar-refractivity contribution in [2.45, 2.75) is 31.5 Å². The summed E-state index contributed by atoms with van der Waals surface area (Å²) in [5.41, 5.74) is -1.97. The van der Waals surface area contributed by atoms with E-state index in [0.29, 0.717) is 25.2 Å². The molecule has 4 heterocycles. The molecule has 0 bridgehead atoms. The summed E-state index contributed by atoms with van der Waals surface area (Å²) in [6.45, 7) is 0.460. The van der Waals surface area contributed by atoms with Gasteiger partial charge in [-0.1, -0.05) is 0 Å². The van der Waals surface area contributed by atoms with Crippen molar-refractivity contribution in [3.63, 3.8) is 0 Å². The number of hydrogen-bond donors (Lipinski definition) is 2. The first-order valence-corrected chi connectivity index (χ1v) is 12.4. The van der Waals surface area contributed by atoms with E-state index in [0.717, 1.165) is 10.8 Å². The lowest BCUT2D eigenvalue weighted by atomic mass is 10.1. The van der Waals surface area contributed by atoms with Crippen molar-refractivity contribution in [2.75, 3.05) is 31.1 Å². The number of carbonyl (C=O) groups is 2. The molecule has 2 fully saturated rings. The van der Waals surface area contributed by atoms with Crippen LogP contribution in [-0.4, -0.2) is 74.9 Å². The summed E-state index contributed by atoms with van der Waals surface area (Å²) >= 11 is 0. The number of nitrogens with one attached hydrogen (secondary N) is 1. The molecule has 10 nitrogen and oxygen atoms in total. The first kappa shape index (κ1) is 27.4. The molecule has 1 saturated carbocycles. The number of carbonyl (C=O) groups excluding carboxylic acids is 2. The summed E-state index contributed by atoms with van der Waals surface area (Å²) < 4.78 is 70.0. The molecule has 1 aliphatic carbocycles. The summed E-state index contributed by atoms with van der Waals surface area (Å²) in [7, 11) is 0. The molecule has 3 aromatic rings. The fourth-order valence-corrected chi connectivity index (χ4v) is 4.69. The van der Waals surface area contributed by atoms with Gasteiger partial charge in [-0.3, -0.25) is 19.1 Å². The van der Waals surface area contributed by atoms with E-state index in [1.54, 1.807) is 0 Å². The average Bonchev–Trinajstić information content (AvgIpc) is 3.73. The Morgan fingerprint density at radius 1 is 1.18 bits per heavy atom. The highest BCUT2D eigenvalue weighted by Crippen LogP contribution is 2.40. The number of halogens is 5. The summed E-state index contributed by atoms with van der Waals surface area (Å²) in [5, 5.41) is 10.9. The molecule has 0 unspecified atom stereocenters. The molecule has 15 heteroatoms. The Morgan fingerprint density at radius 2 is 1.93 bits per heavy atom. The molecule has 0 aromatic carbocycles.